The first-order valence-electron chi connectivity index (χ1n) is 6.85. The van der Waals surface area contributed by atoms with E-state index in [1.807, 2.05) is 18.3 Å². The summed E-state index contributed by atoms with van der Waals surface area (Å²) in [6.07, 6.45) is 8.26. The molecule has 2 heterocycles. The molecular weight excluding hydrogens is 242 g/mol. The lowest BCUT2D eigenvalue weighted by Crippen LogP contribution is -2.18. The molecule has 0 radical (unpaired) electrons. The predicted molar refractivity (Wildman–Crippen MR) is 76.2 cm³/mol. The Morgan fingerprint density at radius 3 is 2.89 bits per heavy atom. The number of nitrogens with one attached hydrogen (secondary N) is 1. The Morgan fingerprint density at radius 1 is 1.39 bits per heavy atom. The van der Waals surface area contributed by atoms with Crippen molar-refractivity contribution in [1.29, 1.82) is 0 Å². The number of H-pyrrole nitrogens is 1. The fourth-order valence-electron chi connectivity index (χ4n) is 3.11. The first-order valence-corrected chi connectivity index (χ1v) is 7.25. The van der Waals surface area contributed by atoms with Crippen LogP contribution in [0, 0.1) is 10.7 Å². The van der Waals surface area contributed by atoms with Crippen molar-refractivity contribution >= 4 is 23.4 Å². The Kier molecular flexibility index (Phi) is 3.20. The Balaban J connectivity index is 1.95. The van der Waals surface area contributed by atoms with Gasteiger partial charge in [0.2, 0.25) is 0 Å². The average molecular weight is 261 g/mol. The summed E-state index contributed by atoms with van der Waals surface area (Å²) in [6, 6.07) is 4.53. The molecule has 4 heteroatoms. The fourth-order valence-corrected chi connectivity index (χ4v) is 3.45. The van der Waals surface area contributed by atoms with Gasteiger partial charge in [0.25, 0.3) is 0 Å². The Hall–Kier alpha value is -1.16. The zero-order valence-electron chi connectivity index (χ0n) is 10.7. The molecule has 1 aliphatic rings. The van der Waals surface area contributed by atoms with Crippen molar-refractivity contribution < 1.29 is 0 Å². The molecule has 0 unspecified atom stereocenters. The van der Waals surface area contributed by atoms with E-state index in [9.17, 15) is 0 Å². The first-order chi connectivity index (χ1) is 8.79. The molecule has 1 saturated carbocycles. The van der Waals surface area contributed by atoms with Gasteiger partial charge in [-0.1, -0.05) is 13.3 Å². The highest BCUT2D eigenvalue weighted by atomic mass is 32.1. The quantitative estimate of drug-likeness (QED) is 0.820. The highest BCUT2D eigenvalue weighted by molar-refractivity contribution is 7.71. The number of aromatic amines is 1. The molecule has 3 rings (SSSR count). The van der Waals surface area contributed by atoms with E-state index in [4.69, 9.17) is 12.2 Å². The second-order valence-electron chi connectivity index (χ2n) is 5.26. The largest absolute Gasteiger partial charge is 0.329 e. The molecule has 0 saturated heterocycles. The number of imidazole rings is 1. The van der Waals surface area contributed by atoms with Gasteiger partial charge in [-0.3, -0.25) is 4.57 Å². The van der Waals surface area contributed by atoms with Gasteiger partial charge in [-0.2, -0.15) is 0 Å². The summed E-state index contributed by atoms with van der Waals surface area (Å²) in [7, 11) is 0. The van der Waals surface area contributed by atoms with Crippen LogP contribution in [0.2, 0.25) is 0 Å². The van der Waals surface area contributed by atoms with Crippen LogP contribution in [0.15, 0.2) is 18.3 Å². The topological polar surface area (TPSA) is 33.6 Å². The van der Waals surface area contributed by atoms with Crippen molar-refractivity contribution in [1.82, 2.24) is 14.5 Å². The maximum absolute atomic E-state index is 5.46. The van der Waals surface area contributed by atoms with Gasteiger partial charge in [0.05, 0.1) is 5.52 Å². The molecule has 0 aromatic carbocycles. The lowest BCUT2D eigenvalue weighted by Gasteiger charge is -2.28. The van der Waals surface area contributed by atoms with Crippen LogP contribution in [-0.4, -0.2) is 14.5 Å². The third kappa shape index (κ3) is 1.99. The standard InChI is InChI=1S/C14H19N3S/c1-2-10-5-7-11(8-6-10)17-13-12(16-14(17)18)4-3-9-15-13/h3-4,9-11H,2,5-8H2,1H3,(H,16,18). The van der Waals surface area contributed by atoms with Gasteiger partial charge in [-0.05, 0) is 56.0 Å². The normalized spacial score (nSPS) is 24.5. The molecule has 1 fully saturated rings. The van der Waals surface area contributed by atoms with Gasteiger partial charge in [-0.25, -0.2) is 4.98 Å². The molecule has 3 nitrogen and oxygen atoms in total. The molecule has 0 spiro atoms. The molecule has 1 aliphatic carbocycles. The van der Waals surface area contributed by atoms with Crippen molar-refractivity contribution in [2.24, 2.45) is 5.92 Å². The Bertz CT molecular complexity index is 590. The van der Waals surface area contributed by atoms with Crippen LogP contribution in [0.5, 0.6) is 0 Å². The average Bonchev–Trinajstić information content (AvgIpc) is 2.75. The van der Waals surface area contributed by atoms with Gasteiger partial charge >= 0.3 is 0 Å². The Morgan fingerprint density at radius 2 is 2.17 bits per heavy atom. The number of hydrogen-bond donors (Lipinski definition) is 1. The van der Waals surface area contributed by atoms with E-state index in [0.29, 0.717) is 6.04 Å². The molecule has 2 aromatic heterocycles. The maximum Gasteiger partial charge on any atom is 0.179 e. The predicted octanol–water partition coefficient (Wildman–Crippen LogP) is 4.24. The second kappa shape index (κ2) is 4.84. The highest BCUT2D eigenvalue weighted by Crippen LogP contribution is 2.35. The smallest absolute Gasteiger partial charge is 0.179 e. The van der Waals surface area contributed by atoms with E-state index in [1.54, 1.807) is 0 Å². The molecule has 0 amide bonds. The van der Waals surface area contributed by atoms with Crippen molar-refractivity contribution in [3.8, 4) is 0 Å². The van der Waals surface area contributed by atoms with Crippen LogP contribution in [0.25, 0.3) is 11.2 Å². The molecule has 2 aromatic rings. The summed E-state index contributed by atoms with van der Waals surface area (Å²) >= 11 is 5.46. The third-order valence-corrected chi connectivity index (χ3v) is 4.53. The molecule has 0 atom stereocenters. The highest BCUT2D eigenvalue weighted by Gasteiger charge is 2.23. The van der Waals surface area contributed by atoms with E-state index in [1.165, 1.54) is 32.1 Å². The number of fused-ring (bicyclic) bond motifs is 1. The summed E-state index contributed by atoms with van der Waals surface area (Å²) in [6.45, 7) is 2.30. The molecule has 1 N–H and O–H groups in total. The number of hydrogen-bond acceptors (Lipinski definition) is 2. The first kappa shape index (κ1) is 11.9. The van der Waals surface area contributed by atoms with E-state index in [0.717, 1.165) is 21.9 Å². The third-order valence-electron chi connectivity index (χ3n) is 4.23. The summed E-state index contributed by atoms with van der Waals surface area (Å²) in [4.78, 5) is 7.75. The molecule has 0 bridgehead atoms. The fraction of sp³-hybridized carbons (Fsp3) is 0.571. The minimum absolute atomic E-state index is 0.531. The molecule has 0 aliphatic heterocycles. The summed E-state index contributed by atoms with van der Waals surface area (Å²) < 4.78 is 3.06. The number of aromatic nitrogens is 3. The van der Waals surface area contributed by atoms with E-state index >= 15 is 0 Å². The van der Waals surface area contributed by atoms with Gasteiger partial charge in [0, 0.05) is 12.2 Å². The number of nitrogens with zero attached hydrogens (tertiary/aromatic N) is 2. The van der Waals surface area contributed by atoms with Crippen LogP contribution >= 0.6 is 12.2 Å². The van der Waals surface area contributed by atoms with Crippen LogP contribution in [-0.2, 0) is 0 Å². The van der Waals surface area contributed by atoms with Crippen LogP contribution in [0.3, 0.4) is 0 Å². The minimum atomic E-state index is 0.531. The van der Waals surface area contributed by atoms with Crippen LogP contribution < -0.4 is 0 Å². The van der Waals surface area contributed by atoms with Gasteiger partial charge < -0.3 is 4.98 Å². The lowest BCUT2D eigenvalue weighted by atomic mass is 9.84. The van der Waals surface area contributed by atoms with Crippen LogP contribution in [0.4, 0.5) is 0 Å². The van der Waals surface area contributed by atoms with E-state index in [2.05, 4.69) is 21.5 Å². The SMILES string of the molecule is CCC1CCC(n2c(=S)[nH]c3cccnc32)CC1. The van der Waals surface area contributed by atoms with Gasteiger partial charge in [0.1, 0.15) is 0 Å². The summed E-state index contributed by atoms with van der Waals surface area (Å²) in [5.41, 5.74) is 2.07. The lowest BCUT2D eigenvalue weighted by molar-refractivity contribution is 0.271. The zero-order valence-corrected chi connectivity index (χ0v) is 11.5. The molecule has 18 heavy (non-hydrogen) atoms. The van der Waals surface area contributed by atoms with Crippen LogP contribution in [0.1, 0.15) is 45.1 Å². The maximum atomic E-state index is 5.46. The second-order valence-corrected chi connectivity index (χ2v) is 5.64. The monoisotopic (exact) mass is 261 g/mol. The van der Waals surface area contributed by atoms with Crippen molar-refractivity contribution in [3.63, 3.8) is 0 Å². The van der Waals surface area contributed by atoms with Gasteiger partial charge in [-0.15, -0.1) is 0 Å². The zero-order chi connectivity index (χ0) is 12.5. The Labute approximate surface area is 112 Å². The summed E-state index contributed by atoms with van der Waals surface area (Å²) in [5, 5.41) is 0. The summed E-state index contributed by atoms with van der Waals surface area (Å²) in [5.74, 6) is 0.911. The van der Waals surface area contributed by atoms with Crippen molar-refractivity contribution in [3.05, 3.63) is 23.1 Å². The van der Waals surface area contributed by atoms with Crippen molar-refractivity contribution in [2.45, 2.75) is 45.1 Å². The van der Waals surface area contributed by atoms with Gasteiger partial charge in [0.15, 0.2) is 10.4 Å². The van der Waals surface area contributed by atoms with E-state index in [-0.39, 0.29) is 0 Å². The minimum Gasteiger partial charge on any atom is -0.329 e. The number of rotatable bonds is 2. The molecular formula is C14H19N3S. The number of pyridine rings is 1. The molecule has 96 valence electrons. The van der Waals surface area contributed by atoms with E-state index < -0.39 is 0 Å². The van der Waals surface area contributed by atoms with Crippen molar-refractivity contribution in [2.75, 3.05) is 0 Å².